The fourth-order valence-corrected chi connectivity index (χ4v) is 2.11. The van der Waals surface area contributed by atoms with Crippen LogP contribution in [0.25, 0.3) is 6.08 Å². The van der Waals surface area contributed by atoms with Gasteiger partial charge in [-0.1, -0.05) is 36.4 Å². The minimum atomic E-state index is -1.10. The van der Waals surface area contributed by atoms with Crippen LogP contribution in [0.3, 0.4) is 0 Å². The Hall–Kier alpha value is -1.94. The monoisotopic (exact) mass is 318 g/mol. The molecule has 126 valence electrons. The second-order valence-corrected chi connectivity index (χ2v) is 6.86. The van der Waals surface area contributed by atoms with Crippen molar-refractivity contribution in [3.05, 3.63) is 42.0 Å². The predicted molar refractivity (Wildman–Crippen MR) is 92.7 cm³/mol. The van der Waals surface area contributed by atoms with E-state index in [1.54, 1.807) is 20.8 Å². The number of ether oxygens (including phenoxy) is 1. The predicted octanol–water partition coefficient (Wildman–Crippen LogP) is 2.93. The van der Waals surface area contributed by atoms with Crippen LogP contribution in [0.5, 0.6) is 0 Å². The molecule has 0 saturated carbocycles. The summed E-state index contributed by atoms with van der Waals surface area (Å²) in [5.74, 6) is -0.557. The Labute approximate surface area is 139 Å². The molecular formula is C19H28NO3+. The highest BCUT2D eigenvalue weighted by atomic mass is 16.5. The third-order valence-electron chi connectivity index (χ3n) is 3.76. The molecule has 0 spiro atoms. The summed E-state index contributed by atoms with van der Waals surface area (Å²) in [7, 11) is 3.96. The maximum atomic E-state index is 12.5. The molecule has 4 heteroatoms. The van der Waals surface area contributed by atoms with E-state index in [4.69, 9.17) is 4.74 Å². The number of hydrogen-bond acceptors (Lipinski definition) is 3. The average Bonchev–Trinajstić information content (AvgIpc) is 2.47. The number of rotatable bonds is 8. The maximum absolute atomic E-state index is 12.5. The molecule has 0 heterocycles. The van der Waals surface area contributed by atoms with Crippen LogP contribution in [-0.4, -0.2) is 50.0 Å². The number of benzene rings is 1. The van der Waals surface area contributed by atoms with Crippen LogP contribution < -0.4 is 0 Å². The number of hydrogen-bond donors (Lipinski definition) is 0. The van der Waals surface area contributed by atoms with Crippen LogP contribution in [0.15, 0.2) is 36.4 Å². The molecule has 0 atom stereocenters. The fraction of sp³-hybridized carbons (Fsp3) is 0.474. The summed E-state index contributed by atoms with van der Waals surface area (Å²) in [6.45, 7) is 6.28. The Morgan fingerprint density at radius 2 is 1.78 bits per heavy atom. The highest BCUT2D eigenvalue weighted by Gasteiger charge is 2.40. The zero-order valence-electron chi connectivity index (χ0n) is 14.8. The first-order valence-electron chi connectivity index (χ1n) is 7.93. The van der Waals surface area contributed by atoms with E-state index in [-0.39, 0.29) is 18.9 Å². The number of likely N-dealkylation sites (N-methyl/N-ethyl adjacent to an activating group) is 1. The largest absolute Gasteiger partial charge is 0.465 e. The summed E-state index contributed by atoms with van der Waals surface area (Å²) in [6, 6.07) is 10.0. The molecule has 0 bridgehead atoms. The van der Waals surface area contributed by atoms with Crippen molar-refractivity contribution in [3.63, 3.8) is 0 Å². The summed E-state index contributed by atoms with van der Waals surface area (Å²) in [6.07, 6.45) is 4.10. The number of quaternary nitrogens is 1. The number of nitrogens with zero attached hydrogens (tertiary/aromatic N) is 1. The van der Waals surface area contributed by atoms with Gasteiger partial charge in [-0.2, -0.15) is 0 Å². The van der Waals surface area contributed by atoms with Gasteiger partial charge < -0.3 is 9.22 Å². The Kier molecular flexibility index (Phi) is 6.70. The second-order valence-electron chi connectivity index (χ2n) is 6.86. The zero-order chi connectivity index (χ0) is 17.5. The smallest absolute Gasteiger partial charge is 0.319 e. The van der Waals surface area contributed by atoms with Gasteiger partial charge in [0, 0.05) is 0 Å². The Balaban J connectivity index is 2.65. The van der Waals surface area contributed by atoms with Crippen molar-refractivity contribution in [2.24, 2.45) is 5.41 Å². The van der Waals surface area contributed by atoms with Gasteiger partial charge in [0.1, 0.15) is 12.0 Å². The lowest BCUT2D eigenvalue weighted by Gasteiger charge is -2.31. The first-order chi connectivity index (χ1) is 10.7. The van der Waals surface area contributed by atoms with E-state index >= 15 is 0 Å². The second kappa shape index (κ2) is 8.06. The number of esters is 1. The molecule has 0 N–H and O–H groups in total. The maximum Gasteiger partial charge on any atom is 0.319 e. The summed E-state index contributed by atoms with van der Waals surface area (Å²) < 4.78 is 5.49. The molecule has 0 amide bonds. The number of ketones is 1. The standard InChI is InChI=1S/C19H28NO3/c1-6-23-18(22)19(2,3)17(21)15-20(4,5)14-10-13-16-11-8-7-9-12-16/h7-13H,6,14-15H2,1-5H3/q+1. The van der Waals surface area contributed by atoms with Crippen LogP contribution in [0.1, 0.15) is 26.3 Å². The topological polar surface area (TPSA) is 43.4 Å². The van der Waals surface area contributed by atoms with Gasteiger partial charge in [-0.05, 0) is 32.4 Å². The Morgan fingerprint density at radius 1 is 1.17 bits per heavy atom. The molecule has 23 heavy (non-hydrogen) atoms. The molecule has 1 aromatic rings. The van der Waals surface area contributed by atoms with Crippen LogP contribution in [-0.2, 0) is 14.3 Å². The zero-order valence-corrected chi connectivity index (χ0v) is 14.8. The molecule has 0 radical (unpaired) electrons. The summed E-state index contributed by atoms with van der Waals surface area (Å²) in [5.41, 5.74) is 0.0278. The van der Waals surface area contributed by atoms with Gasteiger partial charge in [-0.3, -0.25) is 9.59 Å². The molecule has 1 rings (SSSR count). The van der Waals surface area contributed by atoms with Crippen molar-refractivity contribution in [1.29, 1.82) is 0 Å². The molecule has 0 fully saturated rings. The highest BCUT2D eigenvalue weighted by Crippen LogP contribution is 2.20. The van der Waals surface area contributed by atoms with Gasteiger partial charge in [0.05, 0.1) is 27.2 Å². The number of Topliss-reactive ketones (excluding diaryl/α,β-unsaturated/α-hetero) is 1. The lowest BCUT2D eigenvalue weighted by atomic mass is 9.87. The van der Waals surface area contributed by atoms with E-state index < -0.39 is 11.4 Å². The lowest BCUT2D eigenvalue weighted by molar-refractivity contribution is -0.876. The van der Waals surface area contributed by atoms with Gasteiger partial charge in [-0.25, -0.2) is 0 Å². The highest BCUT2D eigenvalue weighted by molar-refractivity contribution is 6.03. The van der Waals surface area contributed by atoms with Crippen LogP contribution >= 0.6 is 0 Å². The molecule has 0 aliphatic carbocycles. The molecule has 0 aliphatic heterocycles. The molecule has 0 aliphatic rings. The molecule has 1 aromatic carbocycles. The summed E-state index contributed by atoms with van der Waals surface area (Å²) in [4.78, 5) is 24.4. The summed E-state index contributed by atoms with van der Waals surface area (Å²) >= 11 is 0. The van der Waals surface area contributed by atoms with Crippen LogP contribution in [0.2, 0.25) is 0 Å². The summed E-state index contributed by atoms with van der Waals surface area (Å²) in [5, 5.41) is 0. The van der Waals surface area contributed by atoms with E-state index in [1.807, 2.05) is 50.5 Å². The Bertz CT molecular complexity index is 559. The minimum absolute atomic E-state index is 0.103. The number of carbonyl (C=O) groups excluding carboxylic acids is 2. The fourth-order valence-electron chi connectivity index (χ4n) is 2.11. The van der Waals surface area contributed by atoms with E-state index in [1.165, 1.54) is 0 Å². The third kappa shape index (κ3) is 5.99. The molecule has 0 saturated heterocycles. The SMILES string of the molecule is CCOC(=O)C(C)(C)C(=O)C[N+](C)(C)CC=Cc1ccccc1. The van der Waals surface area contributed by atoms with Gasteiger partial charge in [0.15, 0.2) is 0 Å². The van der Waals surface area contributed by atoms with Crippen molar-refractivity contribution in [3.8, 4) is 0 Å². The van der Waals surface area contributed by atoms with Gasteiger partial charge in [0.25, 0.3) is 0 Å². The van der Waals surface area contributed by atoms with Gasteiger partial charge in [-0.15, -0.1) is 0 Å². The van der Waals surface area contributed by atoms with Crippen molar-refractivity contribution in [1.82, 2.24) is 0 Å². The Morgan fingerprint density at radius 3 is 2.35 bits per heavy atom. The van der Waals surface area contributed by atoms with Crippen molar-refractivity contribution in [2.45, 2.75) is 20.8 Å². The van der Waals surface area contributed by atoms with E-state index in [0.29, 0.717) is 11.0 Å². The third-order valence-corrected chi connectivity index (χ3v) is 3.76. The van der Waals surface area contributed by atoms with E-state index in [9.17, 15) is 9.59 Å². The molecule has 0 unspecified atom stereocenters. The van der Waals surface area contributed by atoms with Crippen LogP contribution in [0.4, 0.5) is 0 Å². The van der Waals surface area contributed by atoms with Gasteiger partial charge >= 0.3 is 5.97 Å². The normalized spacial score (nSPS) is 12.4. The average molecular weight is 318 g/mol. The quantitative estimate of drug-likeness (QED) is 0.420. The first-order valence-corrected chi connectivity index (χ1v) is 7.93. The molecular weight excluding hydrogens is 290 g/mol. The van der Waals surface area contributed by atoms with Crippen molar-refractivity contribution in [2.75, 3.05) is 33.8 Å². The van der Waals surface area contributed by atoms with E-state index in [0.717, 1.165) is 5.56 Å². The molecule has 0 aromatic heterocycles. The number of carbonyl (C=O) groups is 2. The van der Waals surface area contributed by atoms with Crippen LogP contribution in [0, 0.1) is 5.41 Å². The molecule has 4 nitrogen and oxygen atoms in total. The minimum Gasteiger partial charge on any atom is -0.465 e. The van der Waals surface area contributed by atoms with Crippen molar-refractivity contribution >= 4 is 17.8 Å². The first kappa shape index (κ1) is 19.1. The van der Waals surface area contributed by atoms with E-state index in [2.05, 4.69) is 6.08 Å². The van der Waals surface area contributed by atoms with Gasteiger partial charge in [0.2, 0.25) is 5.78 Å². The lowest BCUT2D eigenvalue weighted by Crippen LogP contribution is -2.49. The van der Waals surface area contributed by atoms with Crippen molar-refractivity contribution < 1.29 is 18.8 Å².